The van der Waals surface area contributed by atoms with Crippen molar-refractivity contribution in [3.05, 3.63) is 36.0 Å². The van der Waals surface area contributed by atoms with E-state index in [0.29, 0.717) is 5.39 Å². The lowest BCUT2D eigenvalue weighted by Gasteiger charge is -2.38. The van der Waals surface area contributed by atoms with Crippen LogP contribution in [0.2, 0.25) is 0 Å². The van der Waals surface area contributed by atoms with Crippen LogP contribution in [0.1, 0.15) is 81.0 Å². The van der Waals surface area contributed by atoms with Crippen molar-refractivity contribution >= 4 is 34.5 Å². The molecule has 2 aliphatic carbocycles. The van der Waals surface area contributed by atoms with Gasteiger partial charge in [-0.1, -0.05) is 56.7 Å². The number of hydrogen-bond acceptors (Lipinski definition) is 4. The van der Waals surface area contributed by atoms with Gasteiger partial charge in [0.05, 0.1) is 12.0 Å². The van der Waals surface area contributed by atoms with Gasteiger partial charge in [0, 0.05) is 29.7 Å². The minimum atomic E-state index is -1.07. The van der Waals surface area contributed by atoms with Gasteiger partial charge in [-0.25, -0.2) is 0 Å². The first-order chi connectivity index (χ1) is 17.0. The monoisotopic (exact) mass is 481 g/mol. The maximum Gasteiger partial charge on any atom is 0.305 e. The molecule has 4 rings (SSSR count). The highest BCUT2D eigenvalue weighted by Gasteiger charge is 2.40. The number of carbonyl (C=O) groups is 4. The average Bonchev–Trinajstić information content (AvgIpc) is 3.31. The van der Waals surface area contributed by atoms with E-state index in [-0.39, 0.29) is 36.4 Å². The summed E-state index contributed by atoms with van der Waals surface area (Å²) in [6.45, 7) is -0.179. The quantitative estimate of drug-likeness (QED) is 0.369. The zero-order valence-corrected chi connectivity index (χ0v) is 20.1. The van der Waals surface area contributed by atoms with Crippen molar-refractivity contribution in [2.75, 3.05) is 6.54 Å². The van der Waals surface area contributed by atoms with Gasteiger partial charge >= 0.3 is 5.97 Å². The van der Waals surface area contributed by atoms with Crippen LogP contribution in [-0.4, -0.2) is 57.2 Å². The van der Waals surface area contributed by atoms with E-state index in [1.54, 1.807) is 12.1 Å². The molecule has 8 heteroatoms. The largest absolute Gasteiger partial charge is 0.481 e. The molecule has 1 aromatic carbocycles. The number of Topliss-reactive ketones (excluding diaryl/α,β-unsaturated/α-hetero) is 1. The molecule has 3 N–H and O–H groups in total. The van der Waals surface area contributed by atoms with Crippen molar-refractivity contribution < 1.29 is 24.3 Å². The van der Waals surface area contributed by atoms with E-state index in [4.69, 9.17) is 0 Å². The Bertz CT molecular complexity index is 1070. The van der Waals surface area contributed by atoms with Crippen LogP contribution >= 0.6 is 0 Å². The first kappa shape index (κ1) is 24.9. The Morgan fingerprint density at radius 2 is 1.63 bits per heavy atom. The third-order valence-corrected chi connectivity index (χ3v) is 7.51. The lowest BCUT2D eigenvalue weighted by molar-refractivity contribution is -0.143. The zero-order chi connectivity index (χ0) is 24.8. The molecular formula is C27H35N3O5. The third kappa shape index (κ3) is 5.92. The number of ketones is 1. The molecule has 1 unspecified atom stereocenters. The second-order valence-electron chi connectivity index (χ2n) is 9.91. The highest BCUT2D eigenvalue weighted by molar-refractivity contribution is 6.45. The molecule has 2 saturated carbocycles. The lowest BCUT2D eigenvalue weighted by atomic mass is 9.82. The summed E-state index contributed by atoms with van der Waals surface area (Å²) in [6.07, 6.45) is 10.8. The highest BCUT2D eigenvalue weighted by atomic mass is 16.4. The topological polar surface area (TPSA) is 120 Å². The Balaban J connectivity index is 1.64. The summed E-state index contributed by atoms with van der Waals surface area (Å²) in [5, 5.41) is 13.1. The van der Waals surface area contributed by atoms with Gasteiger partial charge in [-0.05, 0) is 37.7 Å². The van der Waals surface area contributed by atoms with Gasteiger partial charge in [0.15, 0.2) is 0 Å². The van der Waals surface area contributed by atoms with E-state index in [1.807, 2.05) is 12.1 Å². The first-order valence-electron chi connectivity index (χ1n) is 12.9. The summed E-state index contributed by atoms with van der Waals surface area (Å²) in [7, 11) is 0. The van der Waals surface area contributed by atoms with E-state index >= 15 is 0 Å². The molecular weight excluding hydrogens is 446 g/mol. The molecule has 1 heterocycles. The van der Waals surface area contributed by atoms with E-state index in [9.17, 15) is 24.3 Å². The van der Waals surface area contributed by atoms with Gasteiger partial charge in [-0.2, -0.15) is 0 Å². The van der Waals surface area contributed by atoms with Crippen LogP contribution in [0.4, 0.5) is 0 Å². The predicted octanol–water partition coefficient (Wildman–Crippen LogP) is 4.05. The number of carboxylic acid groups (broad SMARTS) is 1. The molecule has 0 spiro atoms. The van der Waals surface area contributed by atoms with Crippen molar-refractivity contribution in [2.45, 2.75) is 82.7 Å². The number of nitrogens with zero attached hydrogens (tertiary/aromatic N) is 1. The van der Waals surface area contributed by atoms with Crippen LogP contribution in [0, 0.1) is 5.92 Å². The van der Waals surface area contributed by atoms with Gasteiger partial charge in [0.1, 0.15) is 6.04 Å². The van der Waals surface area contributed by atoms with E-state index in [1.165, 1.54) is 11.1 Å². The zero-order valence-electron chi connectivity index (χ0n) is 20.1. The number of amides is 2. The van der Waals surface area contributed by atoms with Crippen LogP contribution in [0.5, 0.6) is 0 Å². The normalized spacial score (nSPS) is 18.2. The molecule has 2 aromatic rings. The number of aromatic amines is 1. The summed E-state index contributed by atoms with van der Waals surface area (Å²) in [4.78, 5) is 56.5. The fourth-order valence-electron chi connectivity index (χ4n) is 5.68. The fourth-order valence-corrected chi connectivity index (χ4v) is 5.68. The van der Waals surface area contributed by atoms with Gasteiger partial charge in [-0.3, -0.25) is 19.2 Å². The number of H-pyrrole nitrogens is 1. The fraction of sp³-hybridized carbons (Fsp3) is 0.556. The Hall–Kier alpha value is -3.16. The number of aliphatic carboxylic acids is 1. The van der Waals surface area contributed by atoms with Gasteiger partial charge < -0.3 is 20.3 Å². The highest BCUT2D eigenvalue weighted by Crippen LogP contribution is 2.31. The molecule has 35 heavy (non-hydrogen) atoms. The number of para-hydroxylation sites is 1. The maximum atomic E-state index is 13.7. The van der Waals surface area contributed by atoms with E-state index in [0.717, 1.165) is 69.7 Å². The van der Waals surface area contributed by atoms with Gasteiger partial charge in [0.2, 0.25) is 5.91 Å². The van der Waals surface area contributed by atoms with Crippen molar-refractivity contribution in [1.82, 2.24) is 15.2 Å². The summed E-state index contributed by atoms with van der Waals surface area (Å²) in [5.74, 6) is -2.96. The lowest BCUT2D eigenvalue weighted by Crippen LogP contribution is -2.57. The summed E-state index contributed by atoms with van der Waals surface area (Å²) in [5.41, 5.74) is 0.973. The second kappa shape index (κ2) is 11.5. The minimum Gasteiger partial charge on any atom is -0.481 e. The standard InChI is InChI=1S/C27H35N3O5/c31-23(32)15-16-30(27(35)25(33)21-17-28-22-14-8-7-13-20(21)22)24(18-9-3-1-4-10-18)26(34)29-19-11-5-2-6-12-19/h7-8,13-14,17-19,24,28H,1-6,9-12,15-16H2,(H,29,34)(H,31,32). The number of aromatic nitrogens is 1. The molecule has 2 aliphatic rings. The van der Waals surface area contributed by atoms with Gasteiger partial charge in [-0.15, -0.1) is 0 Å². The number of carbonyl (C=O) groups excluding carboxylic acids is 3. The number of nitrogens with one attached hydrogen (secondary N) is 2. The van der Waals surface area contributed by atoms with E-state index in [2.05, 4.69) is 10.3 Å². The Morgan fingerprint density at radius 3 is 2.31 bits per heavy atom. The predicted molar refractivity (Wildman–Crippen MR) is 132 cm³/mol. The number of benzene rings is 1. The molecule has 0 radical (unpaired) electrons. The first-order valence-corrected chi connectivity index (χ1v) is 12.9. The van der Waals surface area contributed by atoms with Crippen molar-refractivity contribution in [1.29, 1.82) is 0 Å². The van der Waals surface area contributed by atoms with Crippen LogP contribution in [0.25, 0.3) is 10.9 Å². The van der Waals surface area contributed by atoms with Gasteiger partial charge in [0.25, 0.3) is 11.7 Å². The number of rotatable bonds is 9. The van der Waals surface area contributed by atoms with Crippen LogP contribution in [-0.2, 0) is 14.4 Å². The Kier molecular flexibility index (Phi) is 8.21. The number of hydrogen-bond donors (Lipinski definition) is 3. The van der Waals surface area contributed by atoms with Crippen LogP contribution in [0.15, 0.2) is 30.5 Å². The Labute approximate surface area is 205 Å². The molecule has 188 valence electrons. The van der Waals surface area contributed by atoms with Crippen molar-refractivity contribution in [2.24, 2.45) is 5.92 Å². The maximum absolute atomic E-state index is 13.7. The second-order valence-corrected chi connectivity index (χ2v) is 9.91. The molecule has 2 amide bonds. The van der Waals surface area contributed by atoms with Crippen molar-refractivity contribution in [3.8, 4) is 0 Å². The van der Waals surface area contributed by atoms with Crippen molar-refractivity contribution in [3.63, 3.8) is 0 Å². The summed E-state index contributed by atoms with van der Waals surface area (Å²) >= 11 is 0. The van der Waals surface area contributed by atoms with Crippen LogP contribution in [0.3, 0.4) is 0 Å². The number of fused-ring (bicyclic) bond motifs is 1. The molecule has 0 aliphatic heterocycles. The third-order valence-electron chi connectivity index (χ3n) is 7.51. The Morgan fingerprint density at radius 1 is 0.971 bits per heavy atom. The molecule has 1 aromatic heterocycles. The SMILES string of the molecule is O=C(O)CCN(C(=O)C(=O)c1c[nH]c2ccccc12)C(C(=O)NC1CCCCC1)C1CCCCC1. The molecule has 1 atom stereocenters. The van der Waals surface area contributed by atoms with Crippen LogP contribution < -0.4 is 5.32 Å². The molecule has 0 bridgehead atoms. The molecule has 8 nitrogen and oxygen atoms in total. The number of carboxylic acids is 1. The smallest absolute Gasteiger partial charge is 0.305 e. The summed E-state index contributed by atoms with van der Waals surface area (Å²) < 4.78 is 0. The average molecular weight is 482 g/mol. The molecule has 2 fully saturated rings. The summed E-state index contributed by atoms with van der Waals surface area (Å²) in [6, 6.07) is 6.43. The molecule has 0 saturated heterocycles. The minimum absolute atomic E-state index is 0.0584. The van der Waals surface area contributed by atoms with E-state index < -0.39 is 23.7 Å².